The molecule has 2 aliphatic rings. The summed E-state index contributed by atoms with van der Waals surface area (Å²) in [6.45, 7) is 5.53. The van der Waals surface area contributed by atoms with E-state index in [2.05, 4.69) is 38.3 Å². The van der Waals surface area contributed by atoms with Gasteiger partial charge in [0.2, 0.25) is 0 Å². The van der Waals surface area contributed by atoms with Crippen molar-refractivity contribution in [2.24, 2.45) is 5.92 Å². The number of aliphatic carboxylic acids is 1. The zero-order valence-corrected chi connectivity index (χ0v) is 16.7. The summed E-state index contributed by atoms with van der Waals surface area (Å²) in [5, 5.41) is 17.3. The SMILES string of the molecule is C1=CC[N-]C(C2CCCC[N-]2)=C1.CCC(C)C([NH-])C(=O)O.[Cl][Pt]. The third-order valence-corrected chi connectivity index (χ3v) is 3.84. The monoisotopic (exact) mass is 522 g/mol. The second-order valence-electron chi connectivity index (χ2n) is 5.48. The first kappa shape index (κ1) is 22.6. The normalized spacial score (nSPS) is 22.2. The number of carbonyl (C=O) groups is 1. The minimum absolute atomic E-state index is 0.0394. The number of rotatable bonds is 4. The van der Waals surface area contributed by atoms with Gasteiger partial charge in [-0.1, -0.05) is 57.6 Å². The topological polar surface area (TPSA) is 89.3 Å². The summed E-state index contributed by atoms with van der Waals surface area (Å²) in [5.74, 6) is -1.06. The van der Waals surface area contributed by atoms with Crippen LogP contribution >= 0.6 is 9.42 Å². The van der Waals surface area contributed by atoms with Crippen molar-refractivity contribution in [1.82, 2.24) is 0 Å². The molecule has 1 saturated heterocycles. The molecular weight excluding hydrogens is 497 g/mol. The van der Waals surface area contributed by atoms with Crippen molar-refractivity contribution in [2.45, 2.75) is 51.6 Å². The maximum atomic E-state index is 10.1. The molecule has 0 aromatic carbocycles. The standard InChI is InChI=1S/C10H14N2.C6H12NO2.ClH.Pt/c1-3-7-11-9(5-1)10-6-2-4-8-12-10;1-3-4(2)5(7)6(8)9;;/h1,3,5,10H,2,4,6-8H2;4-5,7H,3H2,1-2H3,(H,8,9);1H;/q-2;-1;;+1/p-1. The van der Waals surface area contributed by atoms with Gasteiger partial charge < -0.3 is 21.5 Å². The predicted molar refractivity (Wildman–Crippen MR) is 92.4 cm³/mol. The Morgan fingerprint density at radius 3 is 2.61 bits per heavy atom. The van der Waals surface area contributed by atoms with Gasteiger partial charge in [0, 0.05) is 0 Å². The molecule has 137 valence electrons. The van der Waals surface area contributed by atoms with Crippen LogP contribution in [0.4, 0.5) is 0 Å². The van der Waals surface area contributed by atoms with E-state index in [9.17, 15) is 4.79 Å². The van der Waals surface area contributed by atoms with Crippen molar-refractivity contribution >= 4 is 15.4 Å². The maximum absolute atomic E-state index is 10.1. The van der Waals surface area contributed by atoms with Crippen molar-refractivity contribution in [2.75, 3.05) is 13.1 Å². The average Bonchev–Trinajstić information content (AvgIpc) is 2.64. The van der Waals surface area contributed by atoms with Crippen molar-refractivity contribution in [3.05, 3.63) is 40.3 Å². The molecule has 0 aliphatic carbocycles. The summed E-state index contributed by atoms with van der Waals surface area (Å²) in [6.07, 6.45) is 10.8. The number of piperidine rings is 1. The Bertz CT molecular complexity index is 386. The van der Waals surface area contributed by atoms with Crippen LogP contribution in [0.2, 0.25) is 0 Å². The van der Waals surface area contributed by atoms with Crippen LogP contribution in [0.1, 0.15) is 39.5 Å². The van der Waals surface area contributed by atoms with Crippen LogP contribution in [0, 0.1) is 5.92 Å². The van der Waals surface area contributed by atoms with E-state index in [4.69, 9.17) is 10.8 Å². The van der Waals surface area contributed by atoms with E-state index in [0.29, 0.717) is 6.04 Å². The molecule has 0 radical (unpaired) electrons. The van der Waals surface area contributed by atoms with Gasteiger partial charge in [-0.2, -0.15) is 5.70 Å². The Kier molecular flexibility index (Phi) is 13.8. The Hall–Kier alpha value is -0.352. The van der Waals surface area contributed by atoms with E-state index < -0.39 is 12.0 Å². The molecule has 0 saturated carbocycles. The number of hydrogen-bond acceptors (Lipinski definition) is 1. The van der Waals surface area contributed by atoms with Crippen molar-refractivity contribution in [1.29, 1.82) is 0 Å². The van der Waals surface area contributed by atoms with Crippen LogP contribution in [-0.2, 0) is 23.6 Å². The van der Waals surface area contributed by atoms with E-state index in [-0.39, 0.29) is 5.92 Å². The van der Waals surface area contributed by atoms with Crippen LogP contribution in [0.15, 0.2) is 23.9 Å². The van der Waals surface area contributed by atoms with Crippen LogP contribution in [-0.4, -0.2) is 36.2 Å². The molecule has 2 rings (SSSR count). The van der Waals surface area contributed by atoms with Gasteiger partial charge in [-0.05, 0) is 6.04 Å². The Morgan fingerprint density at radius 1 is 1.52 bits per heavy atom. The molecule has 0 bridgehead atoms. The van der Waals surface area contributed by atoms with Crippen LogP contribution < -0.4 is 0 Å². The van der Waals surface area contributed by atoms with Gasteiger partial charge in [-0.25, -0.2) is 0 Å². The van der Waals surface area contributed by atoms with Crippen molar-refractivity contribution in [3.8, 4) is 0 Å². The molecule has 0 spiro atoms. The van der Waals surface area contributed by atoms with Gasteiger partial charge >= 0.3 is 28.2 Å². The quantitative estimate of drug-likeness (QED) is 0.565. The van der Waals surface area contributed by atoms with Gasteiger partial charge in [-0.3, -0.25) is 4.79 Å². The third kappa shape index (κ3) is 9.51. The fourth-order valence-corrected chi connectivity index (χ4v) is 2.16. The average molecular weight is 523 g/mol. The number of carboxylic acids is 1. The van der Waals surface area contributed by atoms with Gasteiger partial charge in [0.05, 0.1) is 0 Å². The van der Waals surface area contributed by atoms with E-state index >= 15 is 0 Å². The predicted octanol–water partition coefficient (Wildman–Crippen LogP) is 4.96. The summed E-state index contributed by atoms with van der Waals surface area (Å²) < 4.78 is 0. The summed E-state index contributed by atoms with van der Waals surface area (Å²) in [6, 6.07) is -0.543. The van der Waals surface area contributed by atoms with E-state index in [1.54, 1.807) is 25.7 Å². The fraction of sp³-hybridized carbons (Fsp3) is 0.688. The van der Waals surface area contributed by atoms with Crippen LogP contribution in [0.3, 0.4) is 0 Å². The Balaban J connectivity index is 0.000000396. The second-order valence-corrected chi connectivity index (χ2v) is 5.48. The van der Waals surface area contributed by atoms with E-state index in [0.717, 1.165) is 19.5 Å². The first-order valence-corrected chi connectivity index (χ1v) is 10.6. The number of carboxylic acid groups (broad SMARTS) is 1. The van der Waals surface area contributed by atoms with Crippen LogP contribution in [0.5, 0.6) is 0 Å². The number of allylic oxidation sites excluding steroid dienone is 2. The van der Waals surface area contributed by atoms with Gasteiger partial charge in [0.25, 0.3) is 5.97 Å². The van der Waals surface area contributed by atoms with Crippen molar-refractivity contribution < 1.29 is 28.7 Å². The number of halogens is 1. The third-order valence-electron chi connectivity index (χ3n) is 3.84. The molecule has 2 heterocycles. The van der Waals surface area contributed by atoms with E-state index in [1.807, 2.05) is 6.92 Å². The van der Waals surface area contributed by atoms with Gasteiger partial charge in [-0.15, -0.1) is 25.2 Å². The fourth-order valence-electron chi connectivity index (χ4n) is 2.16. The summed E-state index contributed by atoms with van der Waals surface area (Å²) in [4.78, 5) is 10.1. The number of nitrogens with zero attached hydrogens (tertiary/aromatic N) is 2. The molecule has 3 unspecified atom stereocenters. The van der Waals surface area contributed by atoms with E-state index in [1.165, 1.54) is 25.0 Å². The molecule has 2 N–H and O–H groups in total. The molecule has 2 aliphatic heterocycles. The summed E-state index contributed by atoms with van der Waals surface area (Å²) in [5.41, 5.74) is 8.23. The zero-order valence-electron chi connectivity index (χ0n) is 13.7. The van der Waals surface area contributed by atoms with Gasteiger partial charge in [0.15, 0.2) is 0 Å². The minimum atomic E-state index is -1.02. The Labute approximate surface area is 154 Å². The molecule has 7 heteroatoms. The number of hydrogen-bond donors (Lipinski definition) is 1. The molecule has 23 heavy (non-hydrogen) atoms. The molecule has 0 aromatic heterocycles. The number of nitrogens with one attached hydrogen (secondary N) is 1. The second kappa shape index (κ2) is 14.0. The first-order chi connectivity index (χ1) is 11.1. The Morgan fingerprint density at radius 2 is 2.22 bits per heavy atom. The van der Waals surface area contributed by atoms with Crippen molar-refractivity contribution in [3.63, 3.8) is 0 Å². The molecule has 0 amide bonds. The molecular formula is C16H26ClN3O2Pt-3. The van der Waals surface area contributed by atoms with Crippen LogP contribution in [0.25, 0.3) is 16.4 Å². The molecule has 1 fully saturated rings. The molecule has 0 aromatic rings. The molecule has 5 nitrogen and oxygen atoms in total. The molecule has 3 atom stereocenters. The van der Waals surface area contributed by atoms with Gasteiger partial charge in [0.1, 0.15) is 0 Å². The first-order valence-electron chi connectivity index (χ1n) is 7.83. The zero-order chi connectivity index (χ0) is 17.7. The summed E-state index contributed by atoms with van der Waals surface area (Å²) >= 11 is 1.61. The summed E-state index contributed by atoms with van der Waals surface area (Å²) in [7, 11) is 4.61.